The van der Waals surface area contributed by atoms with Crippen molar-refractivity contribution in [3.05, 3.63) is 29.8 Å². The van der Waals surface area contributed by atoms with Crippen molar-refractivity contribution >= 4 is 10.0 Å². The van der Waals surface area contributed by atoms with E-state index in [1.807, 2.05) is 6.92 Å². The third-order valence-electron chi connectivity index (χ3n) is 3.50. The van der Waals surface area contributed by atoms with Gasteiger partial charge in [-0.25, -0.2) is 8.42 Å². The summed E-state index contributed by atoms with van der Waals surface area (Å²) in [4.78, 5) is 0.299. The van der Waals surface area contributed by atoms with Gasteiger partial charge in [0.15, 0.2) is 0 Å². The van der Waals surface area contributed by atoms with E-state index in [1.165, 1.54) is 0 Å². The SMILES string of the molecule is CC1CC(C)N(S(=O)(=O)c2ccc(C#CCO)cc2)C1. The van der Waals surface area contributed by atoms with Crippen molar-refractivity contribution in [3.8, 4) is 11.8 Å². The molecule has 1 fully saturated rings. The molecule has 0 bridgehead atoms. The molecule has 1 aliphatic rings. The van der Waals surface area contributed by atoms with Crippen LogP contribution in [0.1, 0.15) is 25.8 Å². The molecule has 2 rings (SSSR count). The molecule has 20 heavy (non-hydrogen) atoms. The number of hydrogen-bond donors (Lipinski definition) is 1. The van der Waals surface area contributed by atoms with Crippen molar-refractivity contribution in [2.45, 2.75) is 31.2 Å². The van der Waals surface area contributed by atoms with E-state index in [2.05, 4.69) is 18.8 Å². The zero-order chi connectivity index (χ0) is 14.8. The van der Waals surface area contributed by atoms with Gasteiger partial charge in [-0.1, -0.05) is 18.8 Å². The van der Waals surface area contributed by atoms with E-state index in [1.54, 1.807) is 28.6 Å². The first-order chi connectivity index (χ1) is 9.45. The molecule has 1 saturated heterocycles. The molecule has 2 atom stereocenters. The molecule has 5 heteroatoms. The zero-order valence-corrected chi connectivity index (χ0v) is 12.5. The maximum absolute atomic E-state index is 12.6. The Hall–Kier alpha value is -1.35. The normalized spacial score (nSPS) is 23.4. The van der Waals surface area contributed by atoms with Crippen LogP contribution in [0.15, 0.2) is 29.2 Å². The van der Waals surface area contributed by atoms with Crippen molar-refractivity contribution in [3.63, 3.8) is 0 Å². The lowest BCUT2D eigenvalue weighted by Crippen LogP contribution is -2.33. The standard InChI is InChI=1S/C15H19NO3S/c1-12-10-13(2)16(11-12)20(18,19)15-7-5-14(6-8-15)4-3-9-17/h5-8,12-13,17H,9-11H2,1-2H3. The number of benzene rings is 1. The Balaban J connectivity index is 2.26. The molecule has 0 spiro atoms. The Labute approximate surface area is 120 Å². The first-order valence-corrected chi connectivity index (χ1v) is 8.11. The average molecular weight is 293 g/mol. The van der Waals surface area contributed by atoms with Crippen molar-refractivity contribution in [1.82, 2.24) is 4.31 Å². The summed E-state index contributed by atoms with van der Waals surface area (Å²) in [6.07, 6.45) is 0.902. The lowest BCUT2D eigenvalue weighted by molar-refractivity contribution is 0.350. The van der Waals surface area contributed by atoms with Crippen LogP contribution in [0.5, 0.6) is 0 Å². The predicted octanol–water partition coefficient (Wildman–Crippen LogP) is 1.45. The van der Waals surface area contributed by atoms with Crippen LogP contribution >= 0.6 is 0 Å². The Kier molecular flexibility index (Phi) is 4.48. The van der Waals surface area contributed by atoms with Crippen molar-refractivity contribution in [1.29, 1.82) is 0 Å². The minimum absolute atomic E-state index is 0.0452. The number of aliphatic hydroxyl groups excluding tert-OH is 1. The molecule has 0 saturated carbocycles. The predicted molar refractivity (Wildman–Crippen MR) is 77.5 cm³/mol. The minimum atomic E-state index is -3.42. The van der Waals surface area contributed by atoms with Gasteiger partial charge in [-0.05, 0) is 43.5 Å². The third kappa shape index (κ3) is 3.04. The Bertz CT molecular complexity index is 625. The molecule has 1 aromatic rings. The fourth-order valence-corrected chi connectivity index (χ4v) is 4.35. The fourth-order valence-electron chi connectivity index (χ4n) is 2.58. The molecule has 0 aliphatic carbocycles. The van der Waals surface area contributed by atoms with Crippen LogP contribution in [0.2, 0.25) is 0 Å². The van der Waals surface area contributed by atoms with Gasteiger partial charge in [0.1, 0.15) is 6.61 Å². The van der Waals surface area contributed by atoms with E-state index in [0.29, 0.717) is 22.9 Å². The largest absolute Gasteiger partial charge is 0.384 e. The summed E-state index contributed by atoms with van der Waals surface area (Å²) in [6.45, 7) is 4.39. The zero-order valence-electron chi connectivity index (χ0n) is 11.7. The summed E-state index contributed by atoms with van der Waals surface area (Å²) in [6, 6.07) is 6.53. The summed E-state index contributed by atoms with van der Waals surface area (Å²) < 4.78 is 26.7. The molecule has 1 N–H and O–H groups in total. The first kappa shape index (κ1) is 15.0. The number of nitrogens with zero attached hydrogens (tertiary/aromatic N) is 1. The number of aliphatic hydroxyl groups is 1. The molecule has 0 radical (unpaired) electrons. The highest BCUT2D eigenvalue weighted by molar-refractivity contribution is 7.89. The average Bonchev–Trinajstić information content (AvgIpc) is 2.76. The van der Waals surface area contributed by atoms with Crippen LogP contribution in [0, 0.1) is 17.8 Å². The van der Waals surface area contributed by atoms with Crippen LogP contribution in [-0.4, -0.2) is 37.0 Å². The number of sulfonamides is 1. The van der Waals surface area contributed by atoms with Gasteiger partial charge in [0.2, 0.25) is 10.0 Å². The van der Waals surface area contributed by atoms with Gasteiger partial charge in [0.05, 0.1) is 4.90 Å². The van der Waals surface area contributed by atoms with Crippen LogP contribution in [0.4, 0.5) is 0 Å². The number of rotatable bonds is 2. The monoisotopic (exact) mass is 293 g/mol. The summed E-state index contributed by atoms with van der Waals surface area (Å²) >= 11 is 0. The summed E-state index contributed by atoms with van der Waals surface area (Å²) in [5.74, 6) is 5.68. The first-order valence-electron chi connectivity index (χ1n) is 6.67. The summed E-state index contributed by atoms with van der Waals surface area (Å²) in [7, 11) is -3.42. The quantitative estimate of drug-likeness (QED) is 0.840. The molecule has 0 aromatic heterocycles. The molecule has 2 unspecified atom stereocenters. The van der Waals surface area contributed by atoms with Gasteiger partial charge in [-0.15, -0.1) is 0 Å². The molecule has 1 aliphatic heterocycles. The minimum Gasteiger partial charge on any atom is -0.384 e. The van der Waals surface area contributed by atoms with E-state index >= 15 is 0 Å². The van der Waals surface area contributed by atoms with Gasteiger partial charge in [0, 0.05) is 18.2 Å². The van der Waals surface area contributed by atoms with E-state index in [-0.39, 0.29) is 12.6 Å². The molecule has 108 valence electrons. The molecular weight excluding hydrogens is 274 g/mol. The third-order valence-corrected chi connectivity index (χ3v) is 5.49. The molecule has 4 nitrogen and oxygen atoms in total. The van der Waals surface area contributed by atoms with E-state index in [4.69, 9.17) is 5.11 Å². The highest BCUT2D eigenvalue weighted by Gasteiger charge is 2.35. The van der Waals surface area contributed by atoms with Gasteiger partial charge in [-0.2, -0.15) is 4.31 Å². The van der Waals surface area contributed by atoms with Crippen molar-refractivity contribution in [2.75, 3.05) is 13.2 Å². The van der Waals surface area contributed by atoms with Gasteiger partial charge in [0.25, 0.3) is 0 Å². The van der Waals surface area contributed by atoms with Gasteiger partial charge >= 0.3 is 0 Å². The maximum Gasteiger partial charge on any atom is 0.243 e. The maximum atomic E-state index is 12.6. The smallest absolute Gasteiger partial charge is 0.243 e. The summed E-state index contributed by atoms with van der Waals surface area (Å²) in [5.41, 5.74) is 0.695. The van der Waals surface area contributed by atoms with E-state index < -0.39 is 10.0 Å². The summed E-state index contributed by atoms with van der Waals surface area (Å²) in [5, 5.41) is 8.63. The van der Waals surface area contributed by atoms with E-state index in [9.17, 15) is 8.42 Å². The molecule has 0 amide bonds. The lowest BCUT2D eigenvalue weighted by Gasteiger charge is -2.20. The van der Waals surface area contributed by atoms with Crippen molar-refractivity contribution < 1.29 is 13.5 Å². The van der Waals surface area contributed by atoms with Crippen molar-refractivity contribution in [2.24, 2.45) is 5.92 Å². The van der Waals surface area contributed by atoms with E-state index in [0.717, 1.165) is 6.42 Å². The second-order valence-electron chi connectivity index (χ2n) is 5.25. The van der Waals surface area contributed by atoms with Gasteiger partial charge in [-0.3, -0.25) is 0 Å². The second-order valence-corrected chi connectivity index (χ2v) is 7.14. The van der Waals surface area contributed by atoms with Crippen LogP contribution in [0.25, 0.3) is 0 Å². The highest BCUT2D eigenvalue weighted by Crippen LogP contribution is 2.29. The lowest BCUT2D eigenvalue weighted by atomic mass is 10.1. The Morgan fingerprint density at radius 3 is 2.45 bits per heavy atom. The molecular formula is C15H19NO3S. The topological polar surface area (TPSA) is 57.6 Å². The van der Waals surface area contributed by atoms with Crippen LogP contribution < -0.4 is 0 Å². The van der Waals surface area contributed by atoms with Crippen LogP contribution in [0.3, 0.4) is 0 Å². The Morgan fingerprint density at radius 1 is 1.30 bits per heavy atom. The van der Waals surface area contributed by atoms with Crippen LogP contribution in [-0.2, 0) is 10.0 Å². The highest BCUT2D eigenvalue weighted by atomic mass is 32.2. The number of hydrogen-bond acceptors (Lipinski definition) is 3. The second kappa shape index (κ2) is 5.96. The fraction of sp³-hybridized carbons (Fsp3) is 0.467. The molecule has 1 heterocycles. The molecule has 1 aromatic carbocycles. The Morgan fingerprint density at radius 2 is 1.95 bits per heavy atom. The van der Waals surface area contributed by atoms with Gasteiger partial charge < -0.3 is 5.11 Å².